The summed E-state index contributed by atoms with van der Waals surface area (Å²) in [6.45, 7) is 10.9. The van der Waals surface area contributed by atoms with E-state index < -0.39 is 0 Å². The molecular weight excluding hydrogens is 265 g/mol. The van der Waals surface area contributed by atoms with Gasteiger partial charge in [-0.25, -0.2) is 0 Å². The fourth-order valence-corrected chi connectivity index (χ4v) is 2.32. The van der Waals surface area contributed by atoms with Crippen molar-refractivity contribution in [3.05, 3.63) is 33.8 Å². The van der Waals surface area contributed by atoms with Crippen LogP contribution in [0, 0.1) is 11.8 Å². The van der Waals surface area contributed by atoms with Crippen molar-refractivity contribution in [3.63, 3.8) is 0 Å². The second-order valence-corrected chi connectivity index (χ2v) is 6.39. The van der Waals surface area contributed by atoms with Gasteiger partial charge in [0.15, 0.2) is 0 Å². The van der Waals surface area contributed by atoms with Crippen LogP contribution in [0.25, 0.3) is 0 Å². The molecule has 0 fully saturated rings. The van der Waals surface area contributed by atoms with E-state index in [-0.39, 0.29) is 0 Å². The Balaban J connectivity index is 2.74. The van der Waals surface area contributed by atoms with E-state index in [2.05, 4.69) is 39.1 Å². The number of halogens is 2. The molecule has 102 valence electrons. The third-order valence-electron chi connectivity index (χ3n) is 3.09. The van der Waals surface area contributed by atoms with E-state index in [0.717, 1.165) is 13.1 Å². The van der Waals surface area contributed by atoms with Crippen LogP contribution in [0.15, 0.2) is 18.2 Å². The fraction of sp³-hybridized carbons (Fsp3) is 0.600. The van der Waals surface area contributed by atoms with Crippen molar-refractivity contribution in [2.45, 2.75) is 33.6 Å². The summed E-state index contributed by atoms with van der Waals surface area (Å²) in [5.41, 5.74) is 1.26. The molecule has 0 radical (unpaired) electrons. The molecule has 0 bridgehead atoms. The molecule has 0 saturated heterocycles. The molecule has 0 heterocycles. The van der Waals surface area contributed by atoms with Crippen LogP contribution in [-0.2, 0) is 0 Å². The molecule has 1 atom stereocenters. The zero-order valence-corrected chi connectivity index (χ0v) is 13.1. The highest BCUT2D eigenvalue weighted by molar-refractivity contribution is 6.42. The first-order valence-corrected chi connectivity index (χ1v) is 7.33. The number of hydrogen-bond acceptors (Lipinski definition) is 1. The largest absolute Gasteiger partial charge is 0.316 e. The zero-order valence-electron chi connectivity index (χ0n) is 11.6. The summed E-state index contributed by atoms with van der Waals surface area (Å²) < 4.78 is 0. The van der Waals surface area contributed by atoms with Crippen molar-refractivity contribution >= 4 is 23.2 Å². The first kappa shape index (κ1) is 15.8. The van der Waals surface area contributed by atoms with Crippen molar-refractivity contribution < 1.29 is 0 Å². The normalized spacial score (nSPS) is 13.3. The molecule has 0 spiro atoms. The van der Waals surface area contributed by atoms with E-state index in [9.17, 15) is 0 Å². The van der Waals surface area contributed by atoms with Crippen LogP contribution in [0.3, 0.4) is 0 Å². The molecule has 0 aliphatic carbocycles. The minimum absolute atomic E-state index is 0.471. The summed E-state index contributed by atoms with van der Waals surface area (Å²) in [4.78, 5) is 0. The van der Waals surface area contributed by atoms with Crippen molar-refractivity contribution in [2.75, 3.05) is 13.1 Å². The van der Waals surface area contributed by atoms with Crippen LogP contribution in [0.1, 0.15) is 39.2 Å². The maximum atomic E-state index is 6.09. The Hall–Kier alpha value is -0.240. The molecule has 0 saturated carbocycles. The van der Waals surface area contributed by atoms with Gasteiger partial charge < -0.3 is 5.32 Å². The Morgan fingerprint density at radius 3 is 2.17 bits per heavy atom. The molecule has 1 rings (SSSR count). The van der Waals surface area contributed by atoms with Crippen LogP contribution < -0.4 is 5.32 Å². The molecule has 0 aliphatic heterocycles. The molecule has 0 aromatic heterocycles. The van der Waals surface area contributed by atoms with E-state index in [1.165, 1.54) is 5.56 Å². The van der Waals surface area contributed by atoms with Gasteiger partial charge in [-0.15, -0.1) is 0 Å². The monoisotopic (exact) mass is 287 g/mol. The highest BCUT2D eigenvalue weighted by Gasteiger charge is 2.16. The Morgan fingerprint density at radius 1 is 1.00 bits per heavy atom. The standard InChI is InChI=1S/C15H23Cl2N/c1-10(2)8-18-9-13(11(3)4)12-5-6-14(16)15(17)7-12/h5-7,10-11,13,18H,8-9H2,1-4H3. The third-order valence-corrected chi connectivity index (χ3v) is 3.83. The summed E-state index contributed by atoms with van der Waals surface area (Å²) in [5, 5.41) is 4.79. The average molecular weight is 288 g/mol. The van der Waals surface area contributed by atoms with Crippen LogP contribution >= 0.6 is 23.2 Å². The van der Waals surface area contributed by atoms with Gasteiger partial charge in [-0.2, -0.15) is 0 Å². The van der Waals surface area contributed by atoms with Crippen molar-refractivity contribution in [3.8, 4) is 0 Å². The van der Waals surface area contributed by atoms with Crippen molar-refractivity contribution in [2.24, 2.45) is 11.8 Å². The molecule has 18 heavy (non-hydrogen) atoms. The van der Waals surface area contributed by atoms with E-state index in [1.807, 2.05) is 12.1 Å². The van der Waals surface area contributed by atoms with Gasteiger partial charge in [0.2, 0.25) is 0 Å². The van der Waals surface area contributed by atoms with Gasteiger partial charge in [-0.05, 0) is 42.0 Å². The summed E-state index contributed by atoms with van der Waals surface area (Å²) >= 11 is 12.1. The fourth-order valence-electron chi connectivity index (χ4n) is 2.01. The van der Waals surface area contributed by atoms with Crippen molar-refractivity contribution in [1.82, 2.24) is 5.32 Å². The lowest BCUT2D eigenvalue weighted by molar-refractivity contribution is 0.442. The quantitative estimate of drug-likeness (QED) is 0.778. The number of rotatable bonds is 6. The predicted octanol–water partition coefficient (Wildman–Crippen LogP) is 4.98. The maximum absolute atomic E-state index is 6.09. The molecule has 1 N–H and O–H groups in total. The molecule has 1 nitrogen and oxygen atoms in total. The van der Waals surface area contributed by atoms with Crippen LogP contribution in [-0.4, -0.2) is 13.1 Å². The van der Waals surface area contributed by atoms with Gasteiger partial charge in [0.1, 0.15) is 0 Å². The summed E-state index contributed by atoms with van der Waals surface area (Å²) in [6.07, 6.45) is 0. The SMILES string of the molecule is CC(C)CNCC(c1ccc(Cl)c(Cl)c1)C(C)C. The lowest BCUT2D eigenvalue weighted by Crippen LogP contribution is -2.27. The minimum Gasteiger partial charge on any atom is -0.316 e. The van der Waals surface area contributed by atoms with E-state index >= 15 is 0 Å². The zero-order chi connectivity index (χ0) is 13.7. The molecule has 1 unspecified atom stereocenters. The highest BCUT2D eigenvalue weighted by atomic mass is 35.5. The van der Waals surface area contributed by atoms with Gasteiger partial charge in [0, 0.05) is 6.54 Å². The second kappa shape index (κ2) is 7.37. The predicted molar refractivity (Wildman–Crippen MR) is 81.7 cm³/mol. The van der Waals surface area contributed by atoms with E-state index in [4.69, 9.17) is 23.2 Å². The molecule has 0 aliphatic rings. The highest BCUT2D eigenvalue weighted by Crippen LogP contribution is 2.29. The minimum atomic E-state index is 0.471. The molecular formula is C15H23Cl2N. The Labute approximate surface area is 121 Å². The van der Waals surface area contributed by atoms with E-state index in [1.54, 1.807) is 0 Å². The maximum Gasteiger partial charge on any atom is 0.0595 e. The Kier molecular flexibility index (Phi) is 6.48. The average Bonchev–Trinajstić information content (AvgIpc) is 2.27. The lowest BCUT2D eigenvalue weighted by Gasteiger charge is -2.23. The van der Waals surface area contributed by atoms with Crippen LogP contribution in [0.4, 0.5) is 0 Å². The van der Waals surface area contributed by atoms with Gasteiger partial charge in [-0.1, -0.05) is 57.0 Å². The van der Waals surface area contributed by atoms with Gasteiger partial charge >= 0.3 is 0 Å². The first-order chi connectivity index (χ1) is 8.41. The third kappa shape index (κ3) is 4.79. The lowest BCUT2D eigenvalue weighted by atomic mass is 9.88. The topological polar surface area (TPSA) is 12.0 Å². The van der Waals surface area contributed by atoms with Crippen LogP contribution in [0.2, 0.25) is 10.0 Å². The number of hydrogen-bond donors (Lipinski definition) is 1. The van der Waals surface area contributed by atoms with Crippen molar-refractivity contribution in [1.29, 1.82) is 0 Å². The summed E-state index contributed by atoms with van der Waals surface area (Å²) in [7, 11) is 0. The Morgan fingerprint density at radius 2 is 1.67 bits per heavy atom. The molecule has 3 heteroatoms. The summed E-state index contributed by atoms with van der Waals surface area (Å²) in [5.74, 6) is 1.71. The smallest absolute Gasteiger partial charge is 0.0595 e. The van der Waals surface area contributed by atoms with Crippen LogP contribution in [0.5, 0.6) is 0 Å². The number of nitrogens with one attached hydrogen (secondary N) is 1. The Bertz CT molecular complexity index is 375. The molecule has 1 aromatic rings. The number of benzene rings is 1. The van der Waals surface area contributed by atoms with Gasteiger partial charge in [0.05, 0.1) is 10.0 Å². The van der Waals surface area contributed by atoms with Gasteiger partial charge in [0.25, 0.3) is 0 Å². The molecule has 1 aromatic carbocycles. The molecule has 0 amide bonds. The summed E-state index contributed by atoms with van der Waals surface area (Å²) in [6, 6.07) is 5.96. The van der Waals surface area contributed by atoms with Gasteiger partial charge in [-0.3, -0.25) is 0 Å². The second-order valence-electron chi connectivity index (χ2n) is 5.58. The van der Waals surface area contributed by atoms with E-state index in [0.29, 0.717) is 27.8 Å². The first-order valence-electron chi connectivity index (χ1n) is 6.57.